The van der Waals surface area contributed by atoms with Gasteiger partial charge in [-0.15, -0.1) is 24.0 Å². The minimum Gasteiger partial charge on any atom is -0.491 e. The van der Waals surface area contributed by atoms with Crippen molar-refractivity contribution >= 4 is 29.9 Å². The van der Waals surface area contributed by atoms with Gasteiger partial charge in [0.1, 0.15) is 5.75 Å². The average Bonchev–Trinajstić information content (AvgIpc) is 2.73. The number of nitrogens with zero attached hydrogens (tertiary/aromatic N) is 2. The highest BCUT2D eigenvalue weighted by molar-refractivity contribution is 14.0. The quantitative estimate of drug-likeness (QED) is 0.321. The summed E-state index contributed by atoms with van der Waals surface area (Å²) in [4.78, 5) is 6.94. The Balaban J connectivity index is 0.00000320. The highest BCUT2D eigenvalue weighted by Gasteiger charge is 2.20. The second-order valence-corrected chi connectivity index (χ2v) is 7.92. The van der Waals surface area contributed by atoms with Crippen LogP contribution < -0.4 is 15.4 Å². The molecule has 1 aliphatic rings. The van der Waals surface area contributed by atoms with E-state index in [2.05, 4.69) is 63.0 Å². The number of hydrogen-bond acceptors (Lipinski definition) is 3. The topological polar surface area (TPSA) is 48.9 Å². The van der Waals surface area contributed by atoms with Gasteiger partial charge in [-0.2, -0.15) is 0 Å². The molecule has 1 heterocycles. The first-order valence-electron chi connectivity index (χ1n) is 10.6. The molecule has 5 nitrogen and oxygen atoms in total. The summed E-state index contributed by atoms with van der Waals surface area (Å²) in [6, 6.07) is 19.4. The van der Waals surface area contributed by atoms with Gasteiger partial charge < -0.3 is 15.4 Å². The number of nitrogens with one attached hydrogen (secondary N) is 2. The van der Waals surface area contributed by atoms with Crippen LogP contribution >= 0.6 is 24.0 Å². The van der Waals surface area contributed by atoms with E-state index < -0.39 is 0 Å². The smallest absolute Gasteiger partial charge is 0.191 e. The Labute approximate surface area is 198 Å². The van der Waals surface area contributed by atoms with Crippen LogP contribution in [0, 0.1) is 0 Å². The Kier molecular flexibility index (Phi) is 10.4. The Bertz CT molecular complexity index is 774. The fourth-order valence-corrected chi connectivity index (χ4v) is 3.65. The number of halogens is 1. The lowest BCUT2D eigenvalue weighted by Gasteiger charge is -2.33. The SMILES string of the molecule is CN=C(NCc1cccc(OC(C)C)c1)NC1CCN(Cc2ccccc2)CC1.I. The van der Waals surface area contributed by atoms with Crippen molar-refractivity contribution in [1.82, 2.24) is 15.5 Å². The van der Waals surface area contributed by atoms with E-state index in [0.717, 1.165) is 50.7 Å². The van der Waals surface area contributed by atoms with Crippen LogP contribution in [0.4, 0.5) is 0 Å². The van der Waals surface area contributed by atoms with Crippen molar-refractivity contribution in [3.05, 3.63) is 65.7 Å². The summed E-state index contributed by atoms with van der Waals surface area (Å²) in [5.41, 5.74) is 2.57. The van der Waals surface area contributed by atoms with Gasteiger partial charge in [-0.1, -0.05) is 42.5 Å². The number of guanidine groups is 1. The molecule has 3 rings (SSSR count). The van der Waals surface area contributed by atoms with Crippen molar-refractivity contribution in [2.45, 2.75) is 51.9 Å². The van der Waals surface area contributed by atoms with E-state index in [1.54, 1.807) is 0 Å². The Morgan fingerprint density at radius 1 is 1.07 bits per heavy atom. The molecule has 0 atom stereocenters. The molecule has 2 aromatic rings. The van der Waals surface area contributed by atoms with Gasteiger partial charge in [0.2, 0.25) is 0 Å². The first-order chi connectivity index (χ1) is 14.1. The fraction of sp³-hybridized carbons (Fsp3) is 0.458. The van der Waals surface area contributed by atoms with E-state index >= 15 is 0 Å². The lowest BCUT2D eigenvalue weighted by molar-refractivity contribution is 0.198. The zero-order chi connectivity index (χ0) is 20.5. The third-order valence-electron chi connectivity index (χ3n) is 5.13. The Morgan fingerprint density at radius 3 is 2.43 bits per heavy atom. The summed E-state index contributed by atoms with van der Waals surface area (Å²) in [5.74, 6) is 1.77. The first-order valence-corrected chi connectivity index (χ1v) is 10.6. The number of aliphatic imine (C=N–C) groups is 1. The zero-order valence-corrected chi connectivity index (χ0v) is 20.6. The summed E-state index contributed by atoms with van der Waals surface area (Å²) < 4.78 is 5.78. The van der Waals surface area contributed by atoms with Gasteiger partial charge in [0.15, 0.2) is 5.96 Å². The number of rotatable bonds is 7. The van der Waals surface area contributed by atoms with Crippen LogP contribution in [0.3, 0.4) is 0 Å². The molecular formula is C24H35IN4O. The van der Waals surface area contributed by atoms with Crippen LogP contribution in [-0.2, 0) is 13.1 Å². The molecule has 0 amide bonds. The highest BCUT2D eigenvalue weighted by Crippen LogP contribution is 2.16. The van der Waals surface area contributed by atoms with E-state index in [9.17, 15) is 0 Å². The van der Waals surface area contributed by atoms with Crippen molar-refractivity contribution < 1.29 is 4.74 Å². The average molecular weight is 522 g/mol. The fourth-order valence-electron chi connectivity index (χ4n) is 3.65. The molecular weight excluding hydrogens is 487 g/mol. The molecule has 0 spiro atoms. The molecule has 0 radical (unpaired) electrons. The van der Waals surface area contributed by atoms with Crippen LogP contribution in [0.15, 0.2) is 59.6 Å². The molecule has 1 saturated heterocycles. The minimum atomic E-state index is 0. The molecule has 164 valence electrons. The number of piperidine rings is 1. The third-order valence-corrected chi connectivity index (χ3v) is 5.13. The normalized spacial score (nSPS) is 15.5. The predicted molar refractivity (Wildman–Crippen MR) is 136 cm³/mol. The van der Waals surface area contributed by atoms with Crippen LogP contribution in [0.2, 0.25) is 0 Å². The molecule has 6 heteroatoms. The Hall–Kier alpha value is -1.80. The molecule has 0 unspecified atom stereocenters. The summed E-state index contributed by atoms with van der Waals surface area (Å²) in [7, 11) is 1.83. The second-order valence-electron chi connectivity index (χ2n) is 7.92. The molecule has 0 bridgehead atoms. The lowest BCUT2D eigenvalue weighted by Crippen LogP contribution is -2.48. The summed E-state index contributed by atoms with van der Waals surface area (Å²) in [6.07, 6.45) is 2.44. The molecule has 2 aromatic carbocycles. The van der Waals surface area contributed by atoms with Crippen molar-refractivity contribution in [2.24, 2.45) is 4.99 Å². The number of hydrogen-bond donors (Lipinski definition) is 2. The second kappa shape index (κ2) is 12.8. The highest BCUT2D eigenvalue weighted by atomic mass is 127. The summed E-state index contributed by atoms with van der Waals surface area (Å²) in [5, 5.41) is 7.02. The number of benzene rings is 2. The molecule has 0 aliphatic carbocycles. The van der Waals surface area contributed by atoms with Crippen molar-refractivity contribution in [3.8, 4) is 5.75 Å². The third kappa shape index (κ3) is 8.14. The van der Waals surface area contributed by atoms with Crippen molar-refractivity contribution in [2.75, 3.05) is 20.1 Å². The first kappa shape index (κ1) is 24.5. The molecule has 1 fully saturated rings. The Morgan fingerprint density at radius 2 is 1.77 bits per heavy atom. The molecule has 30 heavy (non-hydrogen) atoms. The number of ether oxygens (including phenoxy) is 1. The van der Waals surface area contributed by atoms with Gasteiger partial charge in [-0.3, -0.25) is 9.89 Å². The van der Waals surface area contributed by atoms with Gasteiger partial charge in [-0.05, 0) is 49.9 Å². The van der Waals surface area contributed by atoms with Crippen LogP contribution in [-0.4, -0.2) is 43.1 Å². The lowest BCUT2D eigenvalue weighted by atomic mass is 10.0. The van der Waals surface area contributed by atoms with Crippen LogP contribution in [0.25, 0.3) is 0 Å². The maximum atomic E-state index is 5.78. The zero-order valence-electron chi connectivity index (χ0n) is 18.3. The van der Waals surface area contributed by atoms with E-state index in [-0.39, 0.29) is 30.1 Å². The maximum absolute atomic E-state index is 5.78. The van der Waals surface area contributed by atoms with Gasteiger partial charge in [-0.25, -0.2) is 0 Å². The van der Waals surface area contributed by atoms with E-state index in [1.807, 2.05) is 33.0 Å². The molecule has 2 N–H and O–H groups in total. The molecule has 0 saturated carbocycles. The van der Waals surface area contributed by atoms with Gasteiger partial charge in [0.05, 0.1) is 6.10 Å². The van der Waals surface area contributed by atoms with Crippen molar-refractivity contribution in [3.63, 3.8) is 0 Å². The van der Waals surface area contributed by atoms with Gasteiger partial charge >= 0.3 is 0 Å². The van der Waals surface area contributed by atoms with Crippen molar-refractivity contribution in [1.29, 1.82) is 0 Å². The summed E-state index contributed by atoms with van der Waals surface area (Å²) >= 11 is 0. The summed E-state index contributed by atoms with van der Waals surface area (Å²) in [6.45, 7) is 8.07. The molecule has 1 aliphatic heterocycles. The monoisotopic (exact) mass is 522 g/mol. The van der Waals surface area contributed by atoms with Gasteiger partial charge in [0, 0.05) is 39.3 Å². The largest absolute Gasteiger partial charge is 0.491 e. The van der Waals surface area contributed by atoms with E-state index in [1.165, 1.54) is 11.1 Å². The van der Waals surface area contributed by atoms with E-state index in [0.29, 0.717) is 6.04 Å². The minimum absolute atomic E-state index is 0. The number of likely N-dealkylation sites (tertiary alicyclic amines) is 1. The van der Waals surface area contributed by atoms with E-state index in [4.69, 9.17) is 4.74 Å². The van der Waals surface area contributed by atoms with Gasteiger partial charge in [0.25, 0.3) is 0 Å². The van der Waals surface area contributed by atoms with Crippen LogP contribution in [0.1, 0.15) is 37.8 Å². The maximum Gasteiger partial charge on any atom is 0.191 e. The molecule has 0 aromatic heterocycles. The standard InChI is InChI=1S/C24H34N4O.HI/c1-19(2)29-23-11-7-10-21(16-23)17-26-24(25-3)27-22-12-14-28(15-13-22)18-20-8-5-4-6-9-20;/h4-11,16,19,22H,12-15,17-18H2,1-3H3,(H2,25,26,27);1H. The predicted octanol–water partition coefficient (Wildman–Crippen LogP) is 4.42. The van der Waals surface area contributed by atoms with Crippen LogP contribution in [0.5, 0.6) is 5.75 Å².